The van der Waals surface area contributed by atoms with Crippen LogP contribution in [0.3, 0.4) is 0 Å². The number of nitrogens with zero attached hydrogens (tertiary/aromatic N) is 2. The molecule has 0 aliphatic carbocycles. The van der Waals surface area contributed by atoms with Gasteiger partial charge in [-0.05, 0) is 36.2 Å². The molecular formula is C21H21ClN2O3. The van der Waals surface area contributed by atoms with E-state index >= 15 is 0 Å². The number of hydrogen-bond acceptors (Lipinski definition) is 4. The highest BCUT2D eigenvalue weighted by molar-refractivity contribution is 6.32. The summed E-state index contributed by atoms with van der Waals surface area (Å²) in [5.74, 6) is 0.676. The molecule has 1 aromatic heterocycles. The van der Waals surface area contributed by atoms with Crippen LogP contribution < -0.4 is 4.74 Å². The van der Waals surface area contributed by atoms with Crippen LogP contribution >= 0.6 is 11.6 Å². The fourth-order valence-electron chi connectivity index (χ4n) is 2.61. The van der Waals surface area contributed by atoms with Crippen molar-refractivity contribution < 1.29 is 14.3 Å². The molecule has 0 spiro atoms. The lowest BCUT2D eigenvalue weighted by Crippen LogP contribution is -2.05. The molecule has 0 unspecified atom stereocenters. The molecule has 27 heavy (non-hydrogen) atoms. The zero-order valence-electron chi connectivity index (χ0n) is 15.5. The highest BCUT2D eigenvalue weighted by atomic mass is 35.5. The zero-order valence-corrected chi connectivity index (χ0v) is 16.2. The molecule has 0 atom stereocenters. The molecule has 140 valence electrons. The maximum absolute atomic E-state index is 12.0. The van der Waals surface area contributed by atoms with Gasteiger partial charge in [0.1, 0.15) is 5.75 Å². The van der Waals surface area contributed by atoms with Crippen molar-refractivity contribution in [1.82, 2.24) is 9.78 Å². The molecule has 0 aliphatic rings. The maximum atomic E-state index is 12.0. The first-order valence-electron chi connectivity index (χ1n) is 8.66. The highest BCUT2D eigenvalue weighted by Crippen LogP contribution is 2.30. The van der Waals surface area contributed by atoms with Gasteiger partial charge in [0.15, 0.2) is 5.69 Å². The fraction of sp³-hybridized carbons (Fsp3) is 0.238. The van der Waals surface area contributed by atoms with E-state index in [-0.39, 0.29) is 5.69 Å². The monoisotopic (exact) mass is 384 g/mol. The highest BCUT2D eigenvalue weighted by Gasteiger charge is 2.18. The lowest BCUT2D eigenvalue weighted by Gasteiger charge is -2.12. The minimum Gasteiger partial charge on any atom is -0.493 e. The van der Waals surface area contributed by atoms with Crippen LogP contribution in [0.4, 0.5) is 0 Å². The van der Waals surface area contributed by atoms with E-state index in [9.17, 15) is 4.79 Å². The largest absolute Gasteiger partial charge is 0.493 e. The Hall–Kier alpha value is -2.79. The third-order valence-electron chi connectivity index (χ3n) is 3.90. The predicted octanol–water partition coefficient (Wildman–Crippen LogP) is 5.01. The number of para-hydroxylation sites is 1. The Morgan fingerprint density at radius 1 is 1.15 bits per heavy atom. The average molecular weight is 385 g/mol. The molecule has 2 aromatic carbocycles. The van der Waals surface area contributed by atoms with E-state index < -0.39 is 5.97 Å². The smallest absolute Gasteiger partial charge is 0.358 e. The number of carbonyl (C=O) groups excluding carboxylic acids is 1. The van der Waals surface area contributed by atoms with Crippen LogP contribution in [-0.4, -0.2) is 29.5 Å². The van der Waals surface area contributed by atoms with Crippen LogP contribution in [0.15, 0.2) is 54.6 Å². The molecule has 0 amide bonds. The van der Waals surface area contributed by atoms with E-state index in [4.69, 9.17) is 21.1 Å². The molecule has 5 nitrogen and oxygen atoms in total. The van der Waals surface area contributed by atoms with Gasteiger partial charge < -0.3 is 9.47 Å². The first-order chi connectivity index (χ1) is 13.0. The van der Waals surface area contributed by atoms with Gasteiger partial charge in [0, 0.05) is 5.56 Å². The summed E-state index contributed by atoms with van der Waals surface area (Å²) in [6.45, 7) is 4.82. The van der Waals surface area contributed by atoms with Crippen LogP contribution in [0.25, 0.3) is 16.9 Å². The number of halogens is 1. The normalized spacial score (nSPS) is 10.9. The standard InChI is InChI=1S/C21H21ClN2O3/c1-14(2)13-27-16-8-6-7-15(11-16)20-12-18(21(25)26-3)23-24(20)19-10-5-4-9-17(19)22/h4-12,14H,13H2,1-3H3. The van der Waals surface area contributed by atoms with E-state index in [1.807, 2.05) is 42.5 Å². The van der Waals surface area contributed by atoms with Gasteiger partial charge in [-0.3, -0.25) is 0 Å². The van der Waals surface area contributed by atoms with Crippen molar-refractivity contribution in [3.8, 4) is 22.7 Å². The summed E-state index contributed by atoms with van der Waals surface area (Å²) in [4.78, 5) is 12.0. The number of rotatable bonds is 6. The molecule has 0 bridgehead atoms. The van der Waals surface area contributed by atoms with Crippen molar-refractivity contribution >= 4 is 17.6 Å². The second kappa shape index (κ2) is 8.27. The third kappa shape index (κ3) is 4.31. The molecule has 1 heterocycles. The van der Waals surface area contributed by atoms with Gasteiger partial charge in [-0.25, -0.2) is 9.48 Å². The van der Waals surface area contributed by atoms with Crippen LogP contribution in [-0.2, 0) is 4.74 Å². The second-order valence-corrected chi connectivity index (χ2v) is 6.91. The topological polar surface area (TPSA) is 53.4 Å². The molecule has 0 fully saturated rings. The Kier molecular flexibility index (Phi) is 5.81. The predicted molar refractivity (Wildman–Crippen MR) is 106 cm³/mol. The maximum Gasteiger partial charge on any atom is 0.358 e. The summed E-state index contributed by atoms with van der Waals surface area (Å²) < 4.78 is 12.3. The number of ether oxygens (including phenoxy) is 2. The fourth-order valence-corrected chi connectivity index (χ4v) is 2.82. The summed E-state index contributed by atoms with van der Waals surface area (Å²) in [6, 6.07) is 16.7. The minimum absolute atomic E-state index is 0.209. The summed E-state index contributed by atoms with van der Waals surface area (Å²) in [5, 5.41) is 4.94. The van der Waals surface area contributed by atoms with Crippen molar-refractivity contribution in [1.29, 1.82) is 0 Å². The van der Waals surface area contributed by atoms with Crippen LogP contribution in [0.2, 0.25) is 5.02 Å². The summed E-state index contributed by atoms with van der Waals surface area (Å²) in [7, 11) is 1.33. The van der Waals surface area contributed by atoms with Gasteiger partial charge in [-0.15, -0.1) is 0 Å². The Morgan fingerprint density at radius 2 is 1.93 bits per heavy atom. The van der Waals surface area contributed by atoms with Crippen LogP contribution in [0.1, 0.15) is 24.3 Å². The molecular weight excluding hydrogens is 364 g/mol. The summed E-state index contributed by atoms with van der Waals surface area (Å²) in [5.41, 5.74) is 2.47. The van der Waals surface area contributed by atoms with E-state index in [2.05, 4.69) is 18.9 Å². The zero-order chi connectivity index (χ0) is 19.4. The molecule has 0 saturated heterocycles. The molecule has 6 heteroatoms. The molecule has 3 aromatic rings. The quantitative estimate of drug-likeness (QED) is 0.560. The van der Waals surface area contributed by atoms with E-state index in [1.165, 1.54) is 7.11 Å². The lowest BCUT2D eigenvalue weighted by molar-refractivity contribution is 0.0593. The van der Waals surface area contributed by atoms with Crippen molar-refractivity contribution in [3.63, 3.8) is 0 Å². The van der Waals surface area contributed by atoms with Gasteiger partial charge in [-0.1, -0.05) is 49.7 Å². The van der Waals surface area contributed by atoms with Crippen molar-refractivity contribution in [2.45, 2.75) is 13.8 Å². The van der Waals surface area contributed by atoms with Gasteiger partial charge >= 0.3 is 5.97 Å². The molecule has 0 saturated carbocycles. The summed E-state index contributed by atoms with van der Waals surface area (Å²) in [6.07, 6.45) is 0. The van der Waals surface area contributed by atoms with Crippen molar-refractivity contribution in [2.75, 3.05) is 13.7 Å². The number of carbonyl (C=O) groups is 1. The average Bonchev–Trinajstić information content (AvgIpc) is 3.11. The van der Waals surface area contributed by atoms with Crippen LogP contribution in [0, 0.1) is 5.92 Å². The Labute approximate surface area is 163 Å². The first kappa shape index (κ1) is 19.0. The van der Waals surface area contributed by atoms with Crippen LogP contribution in [0.5, 0.6) is 5.75 Å². The Morgan fingerprint density at radius 3 is 2.63 bits per heavy atom. The SMILES string of the molecule is COC(=O)c1cc(-c2cccc(OCC(C)C)c2)n(-c2ccccc2Cl)n1. The van der Waals surface area contributed by atoms with E-state index in [0.717, 1.165) is 17.0 Å². The van der Waals surface area contributed by atoms with Gasteiger partial charge in [0.25, 0.3) is 0 Å². The van der Waals surface area contributed by atoms with Crippen molar-refractivity contribution in [2.24, 2.45) is 5.92 Å². The van der Waals surface area contributed by atoms with E-state index in [0.29, 0.717) is 23.2 Å². The number of hydrogen-bond donors (Lipinski definition) is 0. The molecule has 3 rings (SSSR count). The first-order valence-corrected chi connectivity index (χ1v) is 9.04. The number of methoxy groups -OCH3 is 1. The Balaban J connectivity index is 2.09. The molecule has 0 aliphatic heterocycles. The molecule has 0 radical (unpaired) electrons. The van der Waals surface area contributed by atoms with E-state index in [1.54, 1.807) is 16.8 Å². The number of aromatic nitrogens is 2. The Bertz CT molecular complexity index is 950. The van der Waals surface area contributed by atoms with Crippen molar-refractivity contribution in [3.05, 3.63) is 65.3 Å². The summed E-state index contributed by atoms with van der Waals surface area (Å²) >= 11 is 6.36. The van der Waals surface area contributed by atoms with Gasteiger partial charge in [0.05, 0.1) is 30.1 Å². The number of benzene rings is 2. The molecule has 0 N–H and O–H groups in total. The lowest BCUT2D eigenvalue weighted by atomic mass is 10.1. The third-order valence-corrected chi connectivity index (χ3v) is 4.22. The second-order valence-electron chi connectivity index (χ2n) is 6.50. The minimum atomic E-state index is -0.505. The number of esters is 1. The van der Waals surface area contributed by atoms with Gasteiger partial charge in [0.2, 0.25) is 0 Å². The van der Waals surface area contributed by atoms with Gasteiger partial charge in [-0.2, -0.15) is 5.10 Å².